The highest BCUT2D eigenvalue weighted by Crippen LogP contribution is 2.27. The summed E-state index contributed by atoms with van der Waals surface area (Å²) in [6.45, 7) is 4.55. The highest BCUT2D eigenvalue weighted by Gasteiger charge is 2.23. The first-order valence-electron chi connectivity index (χ1n) is 6.77. The monoisotopic (exact) mass is 303 g/mol. The summed E-state index contributed by atoms with van der Waals surface area (Å²) < 4.78 is 1.76. The number of thioether (sulfide) groups is 1. The van der Waals surface area contributed by atoms with E-state index in [1.807, 2.05) is 26.2 Å². The van der Waals surface area contributed by atoms with Crippen molar-refractivity contribution in [3.05, 3.63) is 34.2 Å². The van der Waals surface area contributed by atoms with Crippen LogP contribution in [0, 0.1) is 0 Å². The molecule has 0 fully saturated rings. The van der Waals surface area contributed by atoms with Crippen LogP contribution >= 0.6 is 11.8 Å². The number of H-pyrrole nitrogens is 1. The third-order valence-electron chi connectivity index (χ3n) is 3.58. The summed E-state index contributed by atoms with van der Waals surface area (Å²) in [5.41, 5.74) is 3.17. The normalized spacial score (nSPS) is 17.1. The van der Waals surface area contributed by atoms with Crippen molar-refractivity contribution in [1.82, 2.24) is 14.8 Å². The highest BCUT2D eigenvalue weighted by atomic mass is 32.2. The molecule has 3 heterocycles. The Balaban J connectivity index is 2.26. The molecule has 0 saturated carbocycles. The molecule has 1 aliphatic rings. The van der Waals surface area contributed by atoms with E-state index in [9.17, 15) is 4.79 Å². The van der Waals surface area contributed by atoms with Crippen molar-refractivity contribution >= 4 is 23.3 Å². The Morgan fingerprint density at radius 1 is 1.43 bits per heavy atom. The second kappa shape index (κ2) is 5.40. The minimum Gasteiger partial charge on any atom is -0.341 e. The number of rotatable bonds is 3. The lowest BCUT2D eigenvalue weighted by Gasteiger charge is -2.26. The minimum atomic E-state index is -0.0484. The molecule has 1 aliphatic heterocycles. The van der Waals surface area contributed by atoms with Crippen LogP contribution in [-0.4, -0.2) is 32.2 Å². The first-order valence-corrected chi connectivity index (χ1v) is 8.06. The van der Waals surface area contributed by atoms with E-state index in [-0.39, 0.29) is 11.1 Å². The second-order valence-electron chi connectivity index (χ2n) is 4.79. The van der Waals surface area contributed by atoms with E-state index in [4.69, 9.17) is 0 Å². The summed E-state index contributed by atoms with van der Waals surface area (Å²) >= 11 is 1.61. The van der Waals surface area contributed by atoms with E-state index in [2.05, 4.69) is 20.5 Å². The van der Waals surface area contributed by atoms with Crippen LogP contribution in [0.2, 0.25) is 0 Å². The van der Waals surface area contributed by atoms with E-state index in [0.717, 1.165) is 22.8 Å². The molecule has 7 heteroatoms. The molecule has 1 atom stereocenters. The van der Waals surface area contributed by atoms with Gasteiger partial charge in [0, 0.05) is 24.0 Å². The average molecular weight is 303 g/mol. The Morgan fingerprint density at radius 2 is 2.24 bits per heavy atom. The number of hydrogen-bond donors (Lipinski definition) is 2. The number of anilines is 1. The van der Waals surface area contributed by atoms with Gasteiger partial charge in [-0.2, -0.15) is 5.10 Å². The van der Waals surface area contributed by atoms with Gasteiger partial charge in [0.25, 0.3) is 5.56 Å². The SMILES string of the molecule is CCn1c2c(cc(-c3ccn[nH]3)c1=O)C(C)=NC(SC)N2. The molecule has 110 valence electrons. The van der Waals surface area contributed by atoms with E-state index in [0.29, 0.717) is 12.1 Å². The number of nitrogens with one attached hydrogen (secondary N) is 2. The molecule has 0 saturated heterocycles. The molecule has 2 aromatic heterocycles. The Bertz CT molecular complexity index is 747. The fourth-order valence-corrected chi connectivity index (χ4v) is 3.00. The van der Waals surface area contributed by atoms with Crippen molar-refractivity contribution in [2.45, 2.75) is 25.9 Å². The molecule has 0 aromatic carbocycles. The fourth-order valence-electron chi connectivity index (χ4n) is 2.51. The van der Waals surface area contributed by atoms with Crippen LogP contribution in [0.4, 0.5) is 5.82 Å². The third-order valence-corrected chi connectivity index (χ3v) is 4.25. The molecule has 0 amide bonds. The zero-order valence-electron chi connectivity index (χ0n) is 12.2. The Morgan fingerprint density at radius 3 is 2.86 bits per heavy atom. The summed E-state index contributed by atoms with van der Waals surface area (Å²) in [6, 6.07) is 3.69. The third kappa shape index (κ3) is 2.27. The number of hydrogen-bond acceptors (Lipinski definition) is 5. The van der Waals surface area contributed by atoms with Crippen LogP contribution < -0.4 is 10.9 Å². The van der Waals surface area contributed by atoms with Gasteiger partial charge in [0.1, 0.15) is 5.82 Å². The zero-order valence-corrected chi connectivity index (χ0v) is 13.0. The van der Waals surface area contributed by atoms with E-state index >= 15 is 0 Å². The molecule has 2 N–H and O–H groups in total. The maximum atomic E-state index is 12.7. The topological polar surface area (TPSA) is 75.1 Å². The summed E-state index contributed by atoms with van der Waals surface area (Å²) in [6.07, 6.45) is 3.64. The fraction of sp³-hybridized carbons (Fsp3) is 0.357. The number of aliphatic imine (C=N–C) groups is 1. The molecule has 0 bridgehead atoms. The summed E-state index contributed by atoms with van der Waals surface area (Å²) in [4.78, 5) is 17.3. The van der Waals surface area contributed by atoms with Crippen molar-refractivity contribution in [2.75, 3.05) is 11.6 Å². The molecular weight excluding hydrogens is 286 g/mol. The molecule has 0 radical (unpaired) electrons. The molecule has 6 nitrogen and oxygen atoms in total. The first-order chi connectivity index (χ1) is 10.2. The first kappa shape index (κ1) is 13.9. The van der Waals surface area contributed by atoms with Gasteiger partial charge in [0.2, 0.25) is 0 Å². The van der Waals surface area contributed by atoms with Gasteiger partial charge in [-0.3, -0.25) is 19.5 Å². The maximum Gasteiger partial charge on any atom is 0.261 e. The minimum absolute atomic E-state index is 0.0254. The molecule has 3 rings (SSSR count). The van der Waals surface area contributed by atoms with Gasteiger partial charge in [-0.25, -0.2) is 0 Å². The number of pyridine rings is 1. The van der Waals surface area contributed by atoms with Gasteiger partial charge >= 0.3 is 0 Å². The molecule has 1 unspecified atom stereocenters. The molecular formula is C14H17N5OS. The van der Waals surface area contributed by atoms with Gasteiger partial charge in [-0.05, 0) is 32.2 Å². The largest absolute Gasteiger partial charge is 0.341 e. The molecule has 0 spiro atoms. The van der Waals surface area contributed by atoms with E-state index < -0.39 is 0 Å². The van der Waals surface area contributed by atoms with Gasteiger partial charge in [-0.15, -0.1) is 11.8 Å². The average Bonchev–Trinajstić information content (AvgIpc) is 3.00. The molecule has 0 aliphatic carbocycles. The lowest BCUT2D eigenvalue weighted by molar-refractivity contribution is 0.725. The number of aromatic nitrogens is 3. The standard InChI is InChI=1S/C14H17N5OS/c1-4-19-12-9(8(2)16-14(17-12)21-3)7-10(13(19)20)11-5-6-15-18-11/h5-7,14,17H,4H2,1-3H3,(H,15,18). The number of aromatic amines is 1. The molecule has 21 heavy (non-hydrogen) atoms. The van der Waals surface area contributed by atoms with E-state index in [1.54, 1.807) is 28.6 Å². The van der Waals surface area contributed by atoms with Crippen LogP contribution in [0.3, 0.4) is 0 Å². The lowest BCUT2D eigenvalue weighted by Crippen LogP contribution is -2.32. The van der Waals surface area contributed by atoms with Gasteiger partial charge < -0.3 is 5.32 Å². The predicted octanol–water partition coefficient (Wildman–Crippen LogP) is 2.14. The van der Waals surface area contributed by atoms with Crippen molar-refractivity contribution in [1.29, 1.82) is 0 Å². The van der Waals surface area contributed by atoms with Crippen molar-refractivity contribution in [3.8, 4) is 11.3 Å². The number of fused-ring (bicyclic) bond motifs is 1. The van der Waals surface area contributed by atoms with Crippen molar-refractivity contribution in [2.24, 2.45) is 4.99 Å². The Hall–Kier alpha value is -2.02. The van der Waals surface area contributed by atoms with Crippen LogP contribution in [-0.2, 0) is 6.54 Å². The Labute approximate surface area is 126 Å². The second-order valence-corrected chi connectivity index (χ2v) is 5.70. The van der Waals surface area contributed by atoms with E-state index in [1.165, 1.54) is 0 Å². The van der Waals surface area contributed by atoms with Gasteiger partial charge in [0.05, 0.1) is 11.3 Å². The van der Waals surface area contributed by atoms with Crippen LogP contribution in [0.15, 0.2) is 28.1 Å². The van der Waals surface area contributed by atoms with Crippen LogP contribution in [0.1, 0.15) is 19.4 Å². The van der Waals surface area contributed by atoms with Crippen molar-refractivity contribution < 1.29 is 0 Å². The van der Waals surface area contributed by atoms with Gasteiger partial charge in [0.15, 0.2) is 5.50 Å². The Kier molecular flexibility index (Phi) is 3.59. The summed E-state index contributed by atoms with van der Waals surface area (Å²) in [5.74, 6) is 0.845. The van der Waals surface area contributed by atoms with Gasteiger partial charge in [-0.1, -0.05) is 0 Å². The molecule has 2 aromatic rings. The lowest BCUT2D eigenvalue weighted by atomic mass is 10.1. The summed E-state index contributed by atoms with van der Waals surface area (Å²) in [5, 5.41) is 10.1. The number of nitrogens with zero attached hydrogens (tertiary/aromatic N) is 3. The van der Waals surface area contributed by atoms with Crippen LogP contribution in [0.5, 0.6) is 0 Å². The van der Waals surface area contributed by atoms with Crippen molar-refractivity contribution in [3.63, 3.8) is 0 Å². The predicted molar refractivity (Wildman–Crippen MR) is 87.1 cm³/mol. The highest BCUT2D eigenvalue weighted by molar-refractivity contribution is 7.99. The maximum absolute atomic E-state index is 12.7. The smallest absolute Gasteiger partial charge is 0.261 e. The summed E-state index contributed by atoms with van der Waals surface area (Å²) in [7, 11) is 0. The zero-order chi connectivity index (χ0) is 15.0. The quantitative estimate of drug-likeness (QED) is 0.911. The van der Waals surface area contributed by atoms with Crippen LogP contribution in [0.25, 0.3) is 11.3 Å².